The molecular formula is C23H27N3. The average Bonchev–Trinajstić information content (AvgIpc) is 3.09. The molecule has 134 valence electrons. The van der Waals surface area contributed by atoms with Crippen LogP contribution in [0.2, 0.25) is 0 Å². The van der Waals surface area contributed by atoms with E-state index < -0.39 is 0 Å². The molecule has 1 N–H and O–H groups in total. The fourth-order valence-corrected chi connectivity index (χ4v) is 3.80. The van der Waals surface area contributed by atoms with Crippen molar-refractivity contribution in [2.24, 2.45) is 0 Å². The summed E-state index contributed by atoms with van der Waals surface area (Å²) in [5.41, 5.74) is 8.09. The summed E-state index contributed by atoms with van der Waals surface area (Å²) in [6, 6.07) is 10.8. The molecule has 3 nitrogen and oxygen atoms in total. The Bertz CT molecular complexity index is 946. The highest BCUT2D eigenvalue weighted by atomic mass is 14.9. The Morgan fingerprint density at radius 3 is 2.23 bits per heavy atom. The zero-order valence-electron chi connectivity index (χ0n) is 16.4. The molecule has 0 fully saturated rings. The van der Waals surface area contributed by atoms with Crippen molar-refractivity contribution in [2.75, 3.05) is 0 Å². The van der Waals surface area contributed by atoms with Gasteiger partial charge < -0.3 is 4.98 Å². The summed E-state index contributed by atoms with van der Waals surface area (Å²) < 4.78 is 0. The van der Waals surface area contributed by atoms with Gasteiger partial charge in [0.05, 0.1) is 23.3 Å². The van der Waals surface area contributed by atoms with Crippen LogP contribution >= 0.6 is 0 Å². The van der Waals surface area contributed by atoms with Crippen LogP contribution < -0.4 is 0 Å². The van der Waals surface area contributed by atoms with E-state index in [1.165, 1.54) is 16.7 Å². The van der Waals surface area contributed by atoms with E-state index in [2.05, 4.69) is 76.1 Å². The van der Waals surface area contributed by atoms with Crippen molar-refractivity contribution >= 4 is 0 Å². The van der Waals surface area contributed by atoms with E-state index in [-0.39, 0.29) is 10.8 Å². The molecule has 0 atom stereocenters. The number of hydrogen-bond acceptors (Lipinski definition) is 2. The molecule has 0 unspecified atom stereocenters. The Morgan fingerprint density at radius 2 is 1.54 bits per heavy atom. The van der Waals surface area contributed by atoms with Gasteiger partial charge in [-0.05, 0) is 37.0 Å². The van der Waals surface area contributed by atoms with Gasteiger partial charge in [-0.25, -0.2) is 4.98 Å². The fourth-order valence-electron chi connectivity index (χ4n) is 3.80. The van der Waals surface area contributed by atoms with Crippen molar-refractivity contribution in [2.45, 2.75) is 58.3 Å². The molecule has 4 rings (SSSR count). The van der Waals surface area contributed by atoms with Crippen LogP contribution in [0.25, 0.3) is 22.5 Å². The van der Waals surface area contributed by atoms with Gasteiger partial charge in [-0.15, -0.1) is 0 Å². The molecule has 0 saturated heterocycles. The van der Waals surface area contributed by atoms with Gasteiger partial charge in [0.1, 0.15) is 5.69 Å². The Hall–Kier alpha value is -2.42. The van der Waals surface area contributed by atoms with Gasteiger partial charge in [0.25, 0.3) is 0 Å². The van der Waals surface area contributed by atoms with E-state index in [1.54, 1.807) is 0 Å². The standard InChI is InChI=1S/C23H27N3/c1-15-6-8-16(9-7-15)17-12-18(24-13-17)19-14-25-20-21(26-19)23(4,5)11-10-22(20,2)3/h6-9,12-14,24H,10-11H2,1-5H3. The molecule has 1 aromatic carbocycles. The second kappa shape index (κ2) is 5.80. The Labute approximate surface area is 155 Å². The number of nitrogens with one attached hydrogen (secondary N) is 1. The predicted molar refractivity (Wildman–Crippen MR) is 107 cm³/mol. The fraction of sp³-hybridized carbons (Fsp3) is 0.391. The molecule has 3 heteroatoms. The molecule has 3 aromatic rings. The first-order chi connectivity index (χ1) is 12.3. The van der Waals surface area contributed by atoms with Gasteiger partial charge in [-0.3, -0.25) is 4.98 Å². The van der Waals surface area contributed by atoms with E-state index >= 15 is 0 Å². The summed E-state index contributed by atoms with van der Waals surface area (Å²) in [6.07, 6.45) is 6.27. The van der Waals surface area contributed by atoms with Crippen molar-refractivity contribution in [3.8, 4) is 22.5 Å². The lowest BCUT2D eigenvalue weighted by Gasteiger charge is -2.39. The monoisotopic (exact) mass is 345 g/mol. The van der Waals surface area contributed by atoms with Crippen molar-refractivity contribution in [1.29, 1.82) is 0 Å². The summed E-state index contributed by atoms with van der Waals surface area (Å²) in [5, 5.41) is 0. The van der Waals surface area contributed by atoms with Crippen LogP contribution in [-0.2, 0) is 10.8 Å². The lowest BCUT2D eigenvalue weighted by atomic mass is 9.67. The minimum Gasteiger partial charge on any atom is -0.359 e. The molecule has 0 aliphatic heterocycles. The highest BCUT2D eigenvalue weighted by Crippen LogP contribution is 2.44. The normalized spacial score (nSPS) is 17.7. The first kappa shape index (κ1) is 17.0. The van der Waals surface area contributed by atoms with E-state index in [4.69, 9.17) is 9.97 Å². The molecule has 0 saturated carbocycles. The zero-order valence-corrected chi connectivity index (χ0v) is 16.4. The molecule has 0 bridgehead atoms. The third-order valence-electron chi connectivity index (χ3n) is 5.77. The highest BCUT2D eigenvalue weighted by molar-refractivity contribution is 5.70. The van der Waals surface area contributed by atoms with E-state index in [1.807, 2.05) is 6.20 Å². The summed E-state index contributed by atoms with van der Waals surface area (Å²) in [6.45, 7) is 11.2. The molecule has 26 heavy (non-hydrogen) atoms. The maximum Gasteiger partial charge on any atom is 0.105 e. The molecule has 2 heterocycles. The number of fused-ring (bicyclic) bond motifs is 1. The lowest BCUT2D eigenvalue weighted by Crippen LogP contribution is -2.36. The van der Waals surface area contributed by atoms with Crippen molar-refractivity contribution in [3.63, 3.8) is 0 Å². The third kappa shape index (κ3) is 2.86. The van der Waals surface area contributed by atoms with E-state index in [0.29, 0.717) is 0 Å². The van der Waals surface area contributed by atoms with Crippen LogP contribution in [0.5, 0.6) is 0 Å². The number of nitrogens with zero attached hydrogens (tertiary/aromatic N) is 2. The summed E-state index contributed by atoms with van der Waals surface area (Å²) in [5.74, 6) is 0. The first-order valence-electron chi connectivity index (χ1n) is 9.40. The zero-order chi connectivity index (χ0) is 18.5. The molecule has 1 aliphatic carbocycles. The predicted octanol–water partition coefficient (Wildman–Crippen LogP) is 5.80. The summed E-state index contributed by atoms with van der Waals surface area (Å²) >= 11 is 0. The molecule has 0 amide bonds. The van der Waals surface area contributed by atoms with Crippen LogP contribution in [0.4, 0.5) is 0 Å². The second-order valence-corrected chi connectivity index (χ2v) is 8.89. The summed E-state index contributed by atoms with van der Waals surface area (Å²) in [7, 11) is 0. The molecule has 0 spiro atoms. The molecular weight excluding hydrogens is 318 g/mol. The van der Waals surface area contributed by atoms with Gasteiger partial charge in [0.15, 0.2) is 0 Å². The van der Waals surface area contributed by atoms with Gasteiger partial charge in [0.2, 0.25) is 0 Å². The van der Waals surface area contributed by atoms with Gasteiger partial charge in [-0.1, -0.05) is 57.5 Å². The number of benzene rings is 1. The van der Waals surface area contributed by atoms with Crippen LogP contribution in [0.3, 0.4) is 0 Å². The van der Waals surface area contributed by atoms with Gasteiger partial charge >= 0.3 is 0 Å². The smallest absolute Gasteiger partial charge is 0.105 e. The summed E-state index contributed by atoms with van der Waals surface area (Å²) in [4.78, 5) is 13.3. The SMILES string of the molecule is Cc1ccc(-c2c[nH]c(-c3cnc4c(n3)C(C)(C)CCC4(C)C)c2)cc1. The van der Waals surface area contributed by atoms with Crippen LogP contribution in [0.15, 0.2) is 42.7 Å². The Kier molecular flexibility index (Phi) is 3.80. The Morgan fingerprint density at radius 1 is 0.885 bits per heavy atom. The van der Waals surface area contributed by atoms with Crippen LogP contribution in [0.1, 0.15) is 57.5 Å². The maximum atomic E-state index is 5.06. The number of hydrogen-bond donors (Lipinski definition) is 1. The minimum atomic E-state index is 0.0697. The first-order valence-corrected chi connectivity index (χ1v) is 9.40. The van der Waals surface area contributed by atoms with Gasteiger partial charge in [-0.2, -0.15) is 0 Å². The molecule has 0 radical (unpaired) electrons. The number of rotatable bonds is 2. The number of aryl methyl sites for hydroxylation is 1. The topological polar surface area (TPSA) is 41.6 Å². The second-order valence-electron chi connectivity index (χ2n) is 8.89. The largest absolute Gasteiger partial charge is 0.359 e. The molecule has 2 aromatic heterocycles. The highest BCUT2D eigenvalue weighted by Gasteiger charge is 2.39. The van der Waals surface area contributed by atoms with Crippen LogP contribution in [-0.4, -0.2) is 15.0 Å². The number of H-pyrrole nitrogens is 1. The average molecular weight is 345 g/mol. The molecule has 1 aliphatic rings. The Balaban J connectivity index is 1.75. The van der Waals surface area contributed by atoms with Gasteiger partial charge in [0, 0.05) is 17.0 Å². The van der Waals surface area contributed by atoms with Crippen molar-refractivity contribution < 1.29 is 0 Å². The maximum absolute atomic E-state index is 5.06. The van der Waals surface area contributed by atoms with Crippen LogP contribution in [0, 0.1) is 6.92 Å². The quantitative estimate of drug-likeness (QED) is 0.638. The number of aromatic amines is 1. The minimum absolute atomic E-state index is 0.0697. The number of aromatic nitrogens is 3. The third-order valence-corrected chi connectivity index (χ3v) is 5.77. The van der Waals surface area contributed by atoms with Crippen molar-refractivity contribution in [3.05, 3.63) is 59.7 Å². The lowest BCUT2D eigenvalue weighted by molar-refractivity contribution is 0.314. The van der Waals surface area contributed by atoms with Crippen molar-refractivity contribution in [1.82, 2.24) is 15.0 Å². The van der Waals surface area contributed by atoms with E-state index in [9.17, 15) is 0 Å². The van der Waals surface area contributed by atoms with E-state index in [0.717, 1.165) is 35.6 Å².